The maximum atomic E-state index is 11.7. The molecule has 0 amide bonds. The molecule has 0 saturated carbocycles. The first-order valence-electron chi connectivity index (χ1n) is 6.89. The first-order valence-corrected chi connectivity index (χ1v) is 6.89. The van der Waals surface area contributed by atoms with Crippen LogP contribution in [0.15, 0.2) is 24.3 Å². The normalized spacial score (nSPS) is 18.4. The van der Waals surface area contributed by atoms with Gasteiger partial charge < -0.3 is 14.4 Å². The van der Waals surface area contributed by atoms with Crippen LogP contribution in [-0.4, -0.2) is 32.3 Å². The van der Waals surface area contributed by atoms with E-state index < -0.39 is 0 Å². The molecule has 1 unspecified atom stereocenters. The molecule has 19 heavy (non-hydrogen) atoms. The predicted molar refractivity (Wildman–Crippen MR) is 74.6 cm³/mol. The van der Waals surface area contributed by atoms with E-state index >= 15 is 0 Å². The van der Waals surface area contributed by atoms with Gasteiger partial charge in [-0.25, -0.2) is 0 Å². The first kappa shape index (κ1) is 13.7. The third-order valence-corrected chi connectivity index (χ3v) is 3.32. The second-order valence-electron chi connectivity index (χ2n) is 4.61. The van der Waals surface area contributed by atoms with Crippen LogP contribution in [0.25, 0.3) is 0 Å². The molecule has 1 aromatic rings. The number of rotatable bonds is 5. The van der Waals surface area contributed by atoms with Crippen molar-refractivity contribution in [3.63, 3.8) is 0 Å². The summed E-state index contributed by atoms with van der Waals surface area (Å²) in [7, 11) is 0. The molecule has 104 valence electrons. The van der Waals surface area contributed by atoms with Gasteiger partial charge in [-0.05, 0) is 44.5 Å². The zero-order valence-corrected chi connectivity index (χ0v) is 11.6. The lowest BCUT2D eigenvalue weighted by atomic mass is 10.1. The number of carbonyl (C=O) groups is 1. The van der Waals surface area contributed by atoms with Crippen molar-refractivity contribution < 1.29 is 14.3 Å². The lowest BCUT2D eigenvalue weighted by molar-refractivity contribution is -0.147. The van der Waals surface area contributed by atoms with E-state index in [4.69, 9.17) is 9.47 Å². The minimum Gasteiger partial charge on any atom is -0.494 e. The van der Waals surface area contributed by atoms with Crippen molar-refractivity contribution in [2.24, 2.45) is 5.92 Å². The highest BCUT2D eigenvalue weighted by atomic mass is 16.5. The molecule has 0 spiro atoms. The molecule has 1 aromatic carbocycles. The van der Waals surface area contributed by atoms with E-state index in [0.717, 1.165) is 30.9 Å². The Labute approximate surface area is 114 Å². The predicted octanol–water partition coefficient (Wildman–Crippen LogP) is 2.47. The Bertz CT molecular complexity index is 416. The number of esters is 1. The van der Waals surface area contributed by atoms with E-state index in [1.807, 2.05) is 38.1 Å². The molecule has 0 bridgehead atoms. The molecule has 0 N–H and O–H groups in total. The molecular formula is C15H21NO3. The van der Waals surface area contributed by atoms with Gasteiger partial charge in [0.15, 0.2) is 0 Å². The molecule has 4 nitrogen and oxygen atoms in total. The van der Waals surface area contributed by atoms with Crippen LogP contribution in [0.4, 0.5) is 5.69 Å². The minimum atomic E-state index is -0.0732. The highest BCUT2D eigenvalue weighted by molar-refractivity contribution is 5.74. The van der Waals surface area contributed by atoms with E-state index in [2.05, 4.69) is 4.90 Å². The first-order chi connectivity index (χ1) is 9.24. The second-order valence-corrected chi connectivity index (χ2v) is 4.61. The Morgan fingerprint density at radius 3 is 2.63 bits per heavy atom. The number of carbonyl (C=O) groups excluding carboxylic acids is 1. The summed E-state index contributed by atoms with van der Waals surface area (Å²) < 4.78 is 10.5. The van der Waals surface area contributed by atoms with Crippen molar-refractivity contribution in [2.45, 2.75) is 20.3 Å². The number of anilines is 1. The third-order valence-electron chi connectivity index (χ3n) is 3.32. The monoisotopic (exact) mass is 263 g/mol. The van der Waals surface area contributed by atoms with Crippen molar-refractivity contribution in [3.8, 4) is 5.75 Å². The average molecular weight is 263 g/mol. The molecule has 0 aromatic heterocycles. The zero-order valence-electron chi connectivity index (χ0n) is 11.6. The molecule has 1 atom stereocenters. The van der Waals surface area contributed by atoms with E-state index in [1.54, 1.807) is 0 Å². The third kappa shape index (κ3) is 3.40. The van der Waals surface area contributed by atoms with Crippen molar-refractivity contribution in [1.82, 2.24) is 0 Å². The summed E-state index contributed by atoms with van der Waals surface area (Å²) in [5.74, 6) is 0.815. The lowest BCUT2D eigenvalue weighted by Crippen LogP contribution is -2.24. The van der Waals surface area contributed by atoms with Crippen molar-refractivity contribution >= 4 is 11.7 Å². The van der Waals surface area contributed by atoms with Crippen LogP contribution in [0.2, 0.25) is 0 Å². The summed E-state index contributed by atoms with van der Waals surface area (Å²) in [6, 6.07) is 8.02. The molecule has 1 aliphatic heterocycles. The Morgan fingerprint density at radius 2 is 2.00 bits per heavy atom. The smallest absolute Gasteiger partial charge is 0.310 e. The van der Waals surface area contributed by atoms with Gasteiger partial charge in [0.1, 0.15) is 5.75 Å². The lowest BCUT2D eigenvalue weighted by Gasteiger charge is -2.18. The van der Waals surface area contributed by atoms with Crippen LogP contribution < -0.4 is 9.64 Å². The number of benzene rings is 1. The van der Waals surface area contributed by atoms with E-state index in [0.29, 0.717) is 13.2 Å². The Balaban J connectivity index is 1.94. The topological polar surface area (TPSA) is 38.8 Å². The van der Waals surface area contributed by atoms with Crippen LogP contribution in [0, 0.1) is 5.92 Å². The van der Waals surface area contributed by atoms with Gasteiger partial charge in [-0.3, -0.25) is 4.79 Å². The van der Waals surface area contributed by atoms with Crippen molar-refractivity contribution in [1.29, 1.82) is 0 Å². The van der Waals surface area contributed by atoms with E-state index in [9.17, 15) is 4.79 Å². The highest BCUT2D eigenvalue weighted by Crippen LogP contribution is 2.26. The van der Waals surface area contributed by atoms with Crippen LogP contribution in [0.1, 0.15) is 20.3 Å². The van der Waals surface area contributed by atoms with Crippen molar-refractivity contribution in [3.05, 3.63) is 24.3 Å². The van der Waals surface area contributed by atoms with Crippen LogP contribution in [0.5, 0.6) is 5.75 Å². The standard InChI is InChI=1S/C15H21NO3/c1-3-18-14-7-5-13(6-8-14)16-10-9-12(11-16)15(17)19-4-2/h5-8,12H,3-4,9-11H2,1-2H3. The van der Waals surface area contributed by atoms with E-state index in [-0.39, 0.29) is 11.9 Å². The van der Waals surface area contributed by atoms with Gasteiger partial charge in [0, 0.05) is 18.8 Å². The average Bonchev–Trinajstić information content (AvgIpc) is 2.90. The summed E-state index contributed by atoms with van der Waals surface area (Å²) >= 11 is 0. The van der Waals surface area contributed by atoms with E-state index in [1.165, 1.54) is 0 Å². The number of hydrogen-bond acceptors (Lipinski definition) is 4. The summed E-state index contributed by atoms with van der Waals surface area (Å²) in [6.07, 6.45) is 0.867. The minimum absolute atomic E-state index is 0.00604. The molecular weight excluding hydrogens is 242 g/mol. The van der Waals surface area contributed by atoms with Gasteiger partial charge in [-0.15, -0.1) is 0 Å². The van der Waals surface area contributed by atoms with Crippen LogP contribution in [0.3, 0.4) is 0 Å². The second kappa shape index (κ2) is 6.45. The van der Waals surface area contributed by atoms with Crippen LogP contribution >= 0.6 is 0 Å². The van der Waals surface area contributed by atoms with Gasteiger partial charge in [0.2, 0.25) is 0 Å². The maximum Gasteiger partial charge on any atom is 0.310 e. The Hall–Kier alpha value is -1.71. The fraction of sp³-hybridized carbons (Fsp3) is 0.533. The number of ether oxygens (including phenoxy) is 2. The largest absolute Gasteiger partial charge is 0.494 e. The summed E-state index contributed by atoms with van der Waals surface area (Å²) in [5.41, 5.74) is 1.13. The summed E-state index contributed by atoms with van der Waals surface area (Å²) in [4.78, 5) is 13.9. The quantitative estimate of drug-likeness (QED) is 0.765. The maximum absolute atomic E-state index is 11.7. The molecule has 1 heterocycles. The number of hydrogen-bond donors (Lipinski definition) is 0. The fourth-order valence-electron chi connectivity index (χ4n) is 2.37. The molecule has 1 fully saturated rings. The van der Waals surface area contributed by atoms with Crippen molar-refractivity contribution in [2.75, 3.05) is 31.2 Å². The Morgan fingerprint density at radius 1 is 1.26 bits per heavy atom. The molecule has 0 radical (unpaired) electrons. The highest BCUT2D eigenvalue weighted by Gasteiger charge is 2.29. The fourth-order valence-corrected chi connectivity index (χ4v) is 2.37. The Kier molecular flexibility index (Phi) is 4.66. The van der Waals surface area contributed by atoms with Gasteiger partial charge in [-0.1, -0.05) is 0 Å². The molecule has 0 aliphatic carbocycles. The van der Waals surface area contributed by atoms with Gasteiger partial charge in [-0.2, -0.15) is 0 Å². The van der Waals surface area contributed by atoms with Gasteiger partial charge in [0.25, 0.3) is 0 Å². The van der Waals surface area contributed by atoms with Crippen LogP contribution in [-0.2, 0) is 9.53 Å². The van der Waals surface area contributed by atoms with Gasteiger partial charge in [0.05, 0.1) is 19.1 Å². The molecule has 2 rings (SSSR count). The number of nitrogens with zero attached hydrogens (tertiary/aromatic N) is 1. The summed E-state index contributed by atoms with van der Waals surface area (Å²) in [6.45, 7) is 6.59. The van der Waals surface area contributed by atoms with Gasteiger partial charge >= 0.3 is 5.97 Å². The summed E-state index contributed by atoms with van der Waals surface area (Å²) in [5, 5.41) is 0. The molecule has 1 saturated heterocycles. The molecule has 1 aliphatic rings. The zero-order chi connectivity index (χ0) is 13.7. The SMILES string of the molecule is CCOC(=O)C1CCN(c2ccc(OCC)cc2)C1. The molecule has 4 heteroatoms.